The van der Waals surface area contributed by atoms with E-state index in [4.69, 9.17) is 11.1 Å². The zero-order chi connectivity index (χ0) is 24.2. The van der Waals surface area contributed by atoms with Gasteiger partial charge in [-0.3, -0.25) is 19.9 Å². The minimum Gasteiger partial charge on any atom is -0.480 e. The van der Waals surface area contributed by atoms with Crippen molar-refractivity contribution in [2.24, 2.45) is 12.8 Å². The number of nitrogens with one attached hydrogen (secondary N) is 1. The molecule has 34 heavy (non-hydrogen) atoms. The minimum atomic E-state index is -1.11. The van der Waals surface area contributed by atoms with Crippen molar-refractivity contribution in [3.8, 4) is 0 Å². The molecule has 4 N–H and O–H groups in total. The number of pyridine rings is 1. The number of aryl methyl sites for hydroxylation is 3. The summed E-state index contributed by atoms with van der Waals surface area (Å²) in [6, 6.07) is 17.8. The lowest BCUT2D eigenvalue weighted by molar-refractivity contribution is -0.135. The molecule has 0 saturated heterocycles. The van der Waals surface area contributed by atoms with E-state index in [2.05, 4.69) is 9.97 Å². The molecule has 0 atom stereocenters. The van der Waals surface area contributed by atoms with Crippen LogP contribution in [0.3, 0.4) is 0 Å². The van der Waals surface area contributed by atoms with Gasteiger partial charge in [0.25, 0.3) is 5.91 Å². The molecule has 4 rings (SSSR count). The van der Waals surface area contributed by atoms with Crippen molar-refractivity contribution in [3.63, 3.8) is 0 Å². The standard InChI is InChI=1S/C25H24N6O3/c1-30-21(12-9-16-7-10-17(11-8-16)23(26)27)29-20-13-18(14-28-24(20)30)25(34)31(15-22(32)33)19-5-3-2-4-6-19/h2-8,10-11,13-14H,9,12,15H2,1H3,(H3,26,27)(H,32,33). The maximum Gasteiger partial charge on any atom is 0.323 e. The van der Waals surface area contributed by atoms with Gasteiger partial charge in [-0.05, 0) is 30.2 Å². The Bertz CT molecular complexity index is 1360. The van der Waals surface area contributed by atoms with Crippen molar-refractivity contribution in [1.82, 2.24) is 14.5 Å². The average Bonchev–Trinajstić information content (AvgIpc) is 3.16. The number of imidazole rings is 1. The van der Waals surface area contributed by atoms with E-state index in [9.17, 15) is 14.7 Å². The molecule has 0 fully saturated rings. The maximum absolute atomic E-state index is 13.2. The number of carboxylic acid groups (broad SMARTS) is 1. The van der Waals surface area contributed by atoms with E-state index < -0.39 is 18.4 Å². The van der Waals surface area contributed by atoms with Crippen LogP contribution in [-0.2, 0) is 24.7 Å². The summed E-state index contributed by atoms with van der Waals surface area (Å²) in [5, 5.41) is 16.8. The van der Waals surface area contributed by atoms with Gasteiger partial charge in [0.05, 0.1) is 5.56 Å². The third kappa shape index (κ3) is 4.78. The van der Waals surface area contributed by atoms with Crippen molar-refractivity contribution >= 4 is 34.6 Å². The lowest BCUT2D eigenvalue weighted by atomic mass is 10.1. The van der Waals surface area contributed by atoms with Crippen molar-refractivity contribution in [3.05, 3.63) is 89.4 Å². The number of aromatic nitrogens is 3. The molecule has 2 aromatic heterocycles. The summed E-state index contributed by atoms with van der Waals surface area (Å²) in [6.45, 7) is -0.462. The molecule has 1 amide bonds. The molecule has 0 aliphatic carbocycles. The summed E-state index contributed by atoms with van der Waals surface area (Å²) in [5.74, 6) is -0.718. The molecule has 4 aromatic rings. The fourth-order valence-corrected chi connectivity index (χ4v) is 3.75. The Kier molecular flexibility index (Phi) is 6.35. The number of anilines is 1. The molecular formula is C25H24N6O3. The number of carbonyl (C=O) groups is 2. The van der Waals surface area contributed by atoms with Crippen molar-refractivity contribution in [2.75, 3.05) is 11.4 Å². The van der Waals surface area contributed by atoms with Crippen LogP contribution in [0.2, 0.25) is 0 Å². The zero-order valence-corrected chi connectivity index (χ0v) is 18.6. The topological polar surface area (TPSA) is 138 Å². The van der Waals surface area contributed by atoms with Crippen molar-refractivity contribution in [2.45, 2.75) is 12.8 Å². The summed E-state index contributed by atoms with van der Waals surface area (Å²) >= 11 is 0. The number of benzene rings is 2. The van der Waals surface area contributed by atoms with Crippen molar-refractivity contribution < 1.29 is 14.7 Å². The number of hydrogen-bond donors (Lipinski definition) is 3. The van der Waals surface area contributed by atoms with Crippen LogP contribution in [-0.4, -0.2) is 43.9 Å². The molecule has 2 heterocycles. The Morgan fingerprint density at radius 3 is 2.41 bits per heavy atom. The Morgan fingerprint density at radius 1 is 1.06 bits per heavy atom. The fraction of sp³-hybridized carbons (Fsp3) is 0.160. The predicted octanol–water partition coefficient (Wildman–Crippen LogP) is 2.77. The Morgan fingerprint density at radius 2 is 1.76 bits per heavy atom. The molecule has 0 radical (unpaired) electrons. The highest BCUT2D eigenvalue weighted by atomic mass is 16.4. The number of para-hydroxylation sites is 1. The molecule has 9 heteroatoms. The van der Waals surface area contributed by atoms with Crippen LogP contribution in [0.5, 0.6) is 0 Å². The van der Waals surface area contributed by atoms with Gasteiger partial charge in [0.1, 0.15) is 23.7 Å². The number of aliphatic carboxylic acids is 1. The van der Waals surface area contributed by atoms with Gasteiger partial charge in [0, 0.05) is 30.9 Å². The SMILES string of the molecule is Cn1c(CCc2ccc(C(=N)N)cc2)nc2cc(C(=O)N(CC(=O)O)c3ccccc3)cnc21. The predicted molar refractivity (Wildman–Crippen MR) is 129 cm³/mol. The molecule has 0 aliphatic heterocycles. The van der Waals surface area contributed by atoms with Crippen LogP contribution < -0.4 is 10.6 Å². The van der Waals surface area contributed by atoms with E-state index in [1.807, 2.05) is 35.9 Å². The molecule has 0 saturated carbocycles. The number of rotatable bonds is 8. The smallest absolute Gasteiger partial charge is 0.323 e. The molecule has 0 bridgehead atoms. The maximum atomic E-state index is 13.2. The summed E-state index contributed by atoms with van der Waals surface area (Å²) in [6.07, 6.45) is 2.85. The number of nitrogen functional groups attached to an aromatic ring is 1. The van der Waals surface area contributed by atoms with E-state index in [0.717, 1.165) is 17.8 Å². The highest BCUT2D eigenvalue weighted by molar-refractivity contribution is 6.09. The highest BCUT2D eigenvalue weighted by Gasteiger charge is 2.22. The lowest BCUT2D eigenvalue weighted by Gasteiger charge is -2.20. The zero-order valence-electron chi connectivity index (χ0n) is 18.6. The van der Waals surface area contributed by atoms with Gasteiger partial charge in [-0.2, -0.15) is 0 Å². The molecule has 0 unspecified atom stereocenters. The molecular weight excluding hydrogens is 432 g/mol. The fourth-order valence-electron chi connectivity index (χ4n) is 3.75. The van der Waals surface area contributed by atoms with E-state index in [0.29, 0.717) is 28.8 Å². The molecule has 0 spiro atoms. The molecule has 9 nitrogen and oxygen atoms in total. The number of amidine groups is 1. The Hall–Kier alpha value is -4.53. The quantitative estimate of drug-likeness (QED) is 0.275. The Labute approximate surface area is 196 Å². The largest absolute Gasteiger partial charge is 0.480 e. The van der Waals surface area contributed by atoms with Crippen LogP contribution in [0.4, 0.5) is 5.69 Å². The van der Waals surface area contributed by atoms with Gasteiger partial charge in [0.15, 0.2) is 5.65 Å². The van der Waals surface area contributed by atoms with E-state index in [-0.39, 0.29) is 11.4 Å². The van der Waals surface area contributed by atoms with E-state index in [1.54, 1.807) is 36.4 Å². The normalized spacial score (nSPS) is 10.9. The summed E-state index contributed by atoms with van der Waals surface area (Å²) in [4.78, 5) is 34.9. The molecule has 2 aromatic carbocycles. The number of nitrogens with zero attached hydrogens (tertiary/aromatic N) is 4. The number of nitrogens with two attached hydrogens (primary N) is 1. The first-order valence-corrected chi connectivity index (χ1v) is 10.7. The number of carbonyl (C=O) groups excluding carboxylic acids is 1. The van der Waals surface area contributed by atoms with Crippen LogP contribution >= 0.6 is 0 Å². The van der Waals surface area contributed by atoms with Gasteiger partial charge in [-0.1, -0.05) is 42.5 Å². The second-order valence-electron chi connectivity index (χ2n) is 7.88. The van der Waals surface area contributed by atoms with Crippen molar-refractivity contribution in [1.29, 1.82) is 5.41 Å². The van der Waals surface area contributed by atoms with Gasteiger partial charge >= 0.3 is 5.97 Å². The van der Waals surface area contributed by atoms with E-state index in [1.165, 1.54) is 11.1 Å². The summed E-state index contributed by atoms with van der Waals surface area (Å²) < 4.78 is 1.89. The number of carboxylic acids is 1. The lowest BCUT2D eigenvalue weighted by Crippen LogP contribution is -2.35. The number of amides is 1. The van der Waals surface area contributed by atoms with Gasteiger partial charge in [-0.25, -0.2) is 9.97 Å². The van der Waals surface area contributed by atoms with Crippen LogP contribution in [0.1, 0.15) is 27.3 Å². The summed E-state index contributed by atoms with van der Waals surface area (Å²) in [5.41, 5.74) is 9.25. The van der Waals surface area contributed by atoms with Gasteiger partial charge in [0.2, 0.25) is 0 Å². The van der Waals surface area contributed by atoms with E-state index >= 15 is 0 Å². The first kappa shape index (κ1) is 22.7. The van der Waals surface area contributed by atoms with Crippen LogP contribution in [0.25, 0.3) is 11.2 Å². The second-order valence-corrected chi connectivity index (χ2v) is 7.88. The minimum absolute atomic E-state index is 0.0347. The third-order valence-electron chi connectivity index (χ3n) is 5.56. The highest BCUT2D eigenvalue weighted by Crippen LogP contribution is 2.20. The summed E-state index contributed by atoms with van der Waals surface area (Å²) in [7, 11) is 1.87. The second kappa shape index (κ2) is 9.53. The first-order valence-electron chi connectivity index (χ1n) is 10.7. The first-order chi connectivity index (χ1) is 16.3. The van der Waals surface area contributed by atoms with Gasteiger partial charge < -0.3 is 15.4 Å². The van der Waals surface area contributed by atoms with Crippen LogP contribution in [0.15, 0.2) is 66.9 Å². The molecule has 172 valence electrons. The Balaban J connectivity index is 1.57. The number of fused-ring (bicyclic) bond motifs is 1. The van der Waals surface area contributed by atoms with Crippen LogP contribution in [0, 0.1) is 5.41 Å². The number of hydrogen-bond acceptors (Lipinski definition) is 5. The third-order valence-corrected chi connectivity index (χ3v) is 5.56. The average molecular weight is 457 g/mol. The van der Waals surface area contributed by atoms with Gasteiger partial charge in [-0.15, -0.1) is 0 Å². The molecule has 0 aliphatic rings. The monoisotopic (exact) mass is 456 g/mol.